The van der Waals surface area contributed by atoms with Crippen LogP contribution >= 0.6 is 23.4 Å². The highest BCUT2D eigenvalue weighted by molar-refractivity contribution is 8.16. The zero-order valence-corrected chi connectivity index (χ0v) is 16.0. The Kier molecular flexibility index (Phi) is 5.41. The highest BCUT2D eigenvalue weighted by Crippen LogP contribution is 2.41. The topological polar surface area (TPSA) is 66.8 Å². The number of thioether (sulfide) groups is 1. The maximum absolute atomic E-state index is 13.9. The standard InChI is InChI=1S/C16H18ClFN2O3S2/c1-2-3-4-15(21)19-16-20(10-5-6-11(17)12(18)7-10)13-8-25(22,23)9-14(13)24-16/h5-7,13-14H,2-4,8-9H2,1H3. The lowest BCUT2D eigenvalue weighted by atomic mass is 10.2. The molecule has 1 aromatic rings. The summed E-state index contributed by atoms with van der Waals surface area (Å²) in [6.07, 6.45) is 1.98. The normalized spacial score (nSPS) is 26.2. The van der Waals surface area contributed by atoms with E-state index in [9.17, 15) is 17.6 Å². The number of benzene rings is 1. The maximum Gasteiger partial charge on any atom is 0.248 e. The minimum Gasteiger partial charge on any atom is -0.315 e. The van der Waals surface area contributed by atoms with Crippen molar-refractivity contribution in [3.8, 4) is 0 Å². The summed E-state index contributed by atoms with van der Waals surface area (Å²) >= 11 is 7.02. The largest absolute Gasteiger partial charge is 0.315 e. The van der Waals surface area contributed by atoms with Crippen LogP contribution in [0.25, 0.3) is 0 Å². The fourth-order valence-corrected chi connectivity index (χ4v) is 7.04. The minimum absolute atomic E-state index is 0.0105. The van der Waals surface area contributed by atoms with Crippen molar-refractivity contribution in [1.82, 2.24) is 0 Å². The lowest BCUT2D eigenvalue weighted by Crippen LogP contribution is -2.37. The van der Waals surface area contributed by atoms with Crippen molar-refractivity contribution in [1.29, 1.82) is 0 Å². The lowest BCUT2D eigenvalue weighted by molar-refractivity contribution is -0.117. The van der Waals surface area contributed by atoms with Gasteiger partial charge in [0.2, 0.25) is 5.91 Å². The fourth-order valence-electron chi connectivity index (χ4n) is 2.99. The van der Waals surface area contributed by atoms with Crippen LogP contribution in [0, 0.1) is 5.82 Å². The fraction of sp³-hybridized carbons (Fsp3) is 0.500. The van der Waals surface area contributed by atoms with Gasteiger partial charge < -0.3 is 4.90 Å². The summed E-state index contributed by atoms with van der Waals surface area (Å²) in [5.74, 6) is -0.828. The molecule has 5 nitrogen and oxygen atoms in total. The van der Waals surface area contributed by atoms with Gasteiger partial charge in [-0.2, -0.15) is 4.99 Å². The Hall–Kier alpha value is -1.12. The number of unbranched alkanes of at least 4 members (excludes halogenated alkanes) is 1. The van der Waals surface area contributed by atoms with Gasteiger partial charge in [-0.25, -0.2) is 12.8 Å². The summed E-state index contributed by atoms with van der Waals surface area (Å²) in [5.41, 5.74) is 0.459. The molecule has 0 N–H and O–H groups in total. The third-order valence-corrected chi connectivity index (χ3v) is 7.73. The van der Waals surface area contributed by atoms with Gasteiger partial charge in [-0.05, 0) is 24.6 Å². The van der Waals surface area contributed by atoms with Crippen LogP contribution in [0.2, 0.25) is 5.02 Å². The van der Waals surface area contributed by atoms with E-state index < -0.39 is 15.7 Å². The number of amides is 1. The Morgan fingerprint density at radius 1 is 1.44 bits per heavy atom. The number of anilines is 1. The monoisotopic (exact) mass is 404 g/mol. The van der Waals surface area contributed by atoms with Crippen LogP contribution in [0.4, 0.5) is 10.1 Å². The highest BCUT2D eigenvalue weighted by Gasteiger charge is 2.49. The molecule has 3 rings (SSSR count). The summed E-state index contributed by atoms with van der Waals surface area (Å²) in [5, 5.41) is 0.220. The van der Waals surface area contributed by atoms with Gasteiger partial charge >= 0.3 is 0 Å². The molecule has 0 aromatic heterocycles. The van der Waals surface area contributed by atoms with Crippen molar-refractivity contribution in [2.24, 2.45) is 4.99 Å². The van der Waals surface area contributed by atoms with Crippen LogP contribution < -0.4 is 4.90 Å². The number of hydrogen-bond donors (Lipinski definition) is 0. The molecule has 2 fully saturated rings. The first kappa shape index (κ1) is 18.7. The molecule has 2 heterocycles. The summed E-state index contributed by atoms with van der Waals surface area (Å²) in [6, 6.07) is 3.94. The van der Waals surface area contributed by atoms with Gasteiger partial charge in [0.1, 0.15) is 5.82 Å². The average molecular weight is 405 g/mol. The predicted octanol–water partition coefficient (Wildman–Crippen LogP) is 3.27. The molecule has 0 bridgehead atoms. The van der Waals surface area contributed by atoms with Crippen molar-refractivity contribution < 1.29 is 17.6 Å². The molecule has 2 unspecified atom stereocenters. The lowest BCUT2D eigenvalue weighted by Gasteiger charge is -2.24. The number of rotatable bonds is 4. The second-order valence-electron chi connectivity index (χ2n) is 6.16. The number of aliphatic imine (C=N–C) groups is 1. The zero-order valence-electron chi connectivity index (χ0n) is 13.6. The van der Waals surface area contributed by atoms with Crippen LogP contribution in [0.3, 0.4) is 0 Å². The molecular formula is C16H18ClFN2O3S2. The van der Waals surface area contributed by atoms with Gasteiger partial charge in [0, 0.05) is 17.4 Å². The first-order valence-electron chi connectivity index (χ1n) is 8.03. The van der Waals surface area contributed by atoms with E-state index in [0.717, 1.165) is 12.8 Å². The molecule has 9 heteroatoms. The van der Waals surface area contributed by atoms with E-state index >= 15 is 0 Å². The van der Waals surface area contributed by atoms with Gasteiger partial charge in [0.25, 0.3) is 0 Å². The minimum atomic E-state index is -3.15. The molecule has 1 aromatic carbocycles. The number of hydrogen-bond acceptors (Lipinski definition) is 4. The number of nitrogens with zero attached hydrogens (tertiary/aromatic N) is 2. The molecule has 0 aliphatic carbocycles. The van der Waals surface area contributed by atoms with Gasteiger partial charge in [0.05, 0.1) is 22.6 Å². The van der Waals surface area contributed by atoms with Crippen LogP contribution in [0.1, 0.15) is 26.2 Å². The summed E-state index contributed by atoms with van der Waals surface area (Å²) in [7, 11) is -3.15. The van der Waals surface area contributed by atoms with E-state index in [1.165, 1.54) is 23.9 Å². The van der Waals surface area contributed by atoms with Crippen molar-refractivity contribution in [3.63, 3.8) is 0 Å². The molecular weight excluding hydrogens is 387 g/mol. The zero-order chi connectivity index (χ0) is 18.2. The van der Waals surface area contributed by atoms with E-state index in [1.54, 1.807) is 11.0 Å². The number of fused-ring (bicyclic) bond motifs is 1. The van der Waals surface area contributed by atoms with Gasteiger partial charge in [0.15, 0.2) is 15.0 Å². The van der Waals surface area contributed by atoms with Gasteiger partial charge in [-0.3, -0.25) is 4.79 Å². The van der Waals surface area contributed by atoms with E-state index in [4.69, 9.17) is 11.6 Å². The second-order valence-corrected chi connectivity index (χ2v) is 9.93. The quantitative estimate of drug-likeness (QED) is 0.770. The van der Waals surface area contributed by atoms with Crippen LogP contribution in [-0.2, 0) is 14.6 Å². The molecule has 136 valence electrons. The second kappa shape index (κ2) is 7.25. The number of carbonyl (C=O) groups excluding carboxylic acids is 1. The Morgan fingerprint density at radius 3 is 2.88 bits per heavy atom. The maximum atomic E-state index is 13.9. The molecule has 2 saturated heterocycles. The molecule has 0 radical (unpaired) electrons. The molecule has 2 aliphatic rings. The third-order valence-electron chi connectivity index (χ3n) is 4.21. The summed E-state index contributed by atoms with van der Waals surface area (Å²) < 4.78 is 37.8. The highest BCUT2D eigenvalue weighted by atomic mass is 35.5. The molecule has 1 amide bonds. The van der Waals surface area contributed by atoms with Crippen LogP contribution in [0.5, 0.6) is 0 Å². The Balaban J connectivity index is 1.96. The van der Waals surface area contributed by atoms with Crippen molar-refractivity contribution in [3.05, 3.63) is 29.0 Å². The number of sulfone groups is 1. The first-order chi connectivity index (χ1) is 11.8. The summed E-state index contributed by atoms with van der Waals surface area (Å²) in [4.78, 5) is 17.9. The molecule has 0 saturated carbocycles. The van der Waals surface area contributed by atoms with Gasteiger partial charge in [-0.15, -0.1) is 0 Å². The van der Waals surface area contributed by atoms with Gasteiger partial charge in [-0.1, -0.05) is 36.7 Å². The Bertz CT molecular complexity index is 829. The molecule has 2 aliphatic heterocycles. The Morgan fingerprint density at radius 2 is 2.20 bits per heavy atom. The number of amidine groups is 1. The van der Waals surface area contributed by atoms with Crippen LogP contribution in [0.15, 0.2) is 23.2 Å². The SMILES string of the molecule is CCCCC(=O)N=C1SC2CS(=O)(=O)CC2N1c1ccc(Cl)c(F)c1. The number of halogens is 2. The van der Waals surface area contributed by atoms with Crippen LogP contribution in [-0.4, -0.2) is 42.3 Å². The van der Waals surface area contributed by atoms with Crippen molar-refractivity contribution >= 4 is 50.0 Å². The van der Waals surface area contributed by atoms with Crippen molar-refractivity contribution in [2.45, 2.75) is 37.5 Å². The van der Waals surface area contributed by atoms with E-state index in [0.29, 0.717) is 17.3 Å². The first-order valence-corrected chi connectivity index (χ1v) is 11.1. The predicted molar refractivity (Wildman–Crippen MR) is 99.7 cm³/mol. The Labute approximate surface area is 155 Å². The molecule has 25 heavy (non-hydrogen) atoms. The van der Waals surface area contributed by atoms with E-state index in [-0.39, 0.29) is 33.7 Å². The smallest absolute Gasteiger partial charge is 0.248 e. The van der Waals surface area contributed by atoms with E-state index in [1.807, 2.05) is 6.92 Å². The number of carbonyl (C=O) groups is 1. The summed E-state index contributed by atoms with van der Waals surface area (Å²) in [6.45, 7) is 1.99. The third kappa shape index (κ3) is 4.01. The molecule has 0 spiro atoms. The van der Waals surface area contributed by atoms with Crippen molar-refractivity contribution in [2.75, 3.05) is 16.4 Å². The molecule has 2 atom stereocenters. The average Bonchev–Trinajstić information content (AvgIpc) is 2.99. The van der Waals surface area contributed by atoms with E-state index in [2.05, 4.69) is 4.99 Å².